The van der Waals surface area contributed by atoms with Gasteiger partial charge in [-0.2, -0.15) is 0 Å². The van der Waals surface area contributed by atoms with E-state index in [1.807, 2.05) is 30.3 Å². The van der Waals surface area contributed by atoms with E-state index in [2.05, 4.69) is 27.8 Å². The van der Waals surface area contributed by atoms with Crippen molar-refractivity contribution < 1.29 is 9.53 Å². The van der Waals surface area contributed by atoms with Gasteiger partial charge in [-0.25, -0.2) is 4.99 Å². The Kier molecular flexibility index (Phi) is 5.73. The van der Waals surface area contributed by atoms with Gasteiger partial charge in [0.1, 0.15) is 12.3 Å². The third-order valence-electron chi connectivity index (χ3n) is 4.41. The summed E-state index contributed by atoms with van der Waals surface area (Å²) in [7, 11) is 1.62. The van der Waals surface area contributed by atoms with Gasteiger partial charge in [0.15, 0.2) is 5.96 Å². The van der Waals surface area contributed by atoms with Crippen LogP contribution in [0.5, 0.6) is 5.75 Å². The monoisotopic (exact) mass is 352 g/mol. The van der Waals surface area contributed by atoms with Crippen LogP contribution in [-0.4, -0.2) is 25.5 Å². The maximum Gasteiger partial charge on any atom is 0.242 e. The lowest BCUT2D eigenvalue weighted by molar-refractivity contribution is -0.119. The highest BCUT2D eigenvalue weighted by Gasteiger charge is 2.11. The van der Waals surface area contributed by atoms with Crippen molar-refractivity contribution in [3.8, 4) is 5.75 Å². The molecule has 0 unspecified atom stereocenters. The number of methoxy groups -OCH3 is 1. The van der Waals surface area contributed by atoms with Crippen molar-refractivity contribution in [2.24, 2.45) is 10.7 Å². The zero-order valence-corrected chi connectivity index (χ0v) is 14.9. The van der Waals surface area contributed by atoms with Gasteiger partial charge < -0.3 is 21.1 Å². The number of rotatable bonds is 6. The number of nitrogens with zero attached hydrogens (tertiary/aromatic N) is 1. The van der Waals surface area contributed by atoms with Crippen molar-refractivity contribution in [1.29, 1.82) is 0 Å². The second-order valence-corrected chi connectivity index (χ2v) is 6.29. The van der Waals surface area contributed by atoms with Crippen LogP contribution in [0.25, 0.3) is 0 Å². The molecule has 6 heteroatoms. The smallest absolute Gasteiger partial charge is 0.242 e. The molecule has 136 valence electrons. The van der Waals surface area contributed by atoms with Gasteiger partial charge in [-0.15, -0.1) is 0 Å². The number of hydrogen-bond donors (Lipinski definition) is 3. The number of carbonyl (C=O) groups is 1. The van der Waals surface area contributed by atoms with Crippen molar-refractivity contribution in [3.63, 3.8) is 0 Å². The van der Waals surface area contributed by atoms with Gasteiger partial charge in [0.25, 0.3) is 0 Å². The van der Waals surface area contributed by atoms with Crippen LogP contribution in [0.15, 0.2) is 47.5 Å². The maximum atomic E-state index is 11.9. The minimum Gasteiger partial charge on any atom is -0.497 e. The number of amides is 1. The quantitative estimate of drug-likeness (QED) is 0.549. The van der Waals surface area contributed by atoms with E-state index in [1.165, 1.54) is 17.5 Å². The number of carbonyl (C=O) groups excluding carboxylic acids is 1. The molecule has 3 rings (SSSR count). The molecular weight excluding hydrogens is 328 g/mol. The third-order valence-corrected chi connectivity index (χ3v) is 4.41. The van der Waals surface area contributed by atoms with Gasteiger partial charge in [0.2, 0.25) is 5.91 Å². The largest absolute Gasteiger partial charge is 0.497 e. The highest BCUT2D eigenvalue weighted by molar-refractivity contribution is 5.94. The van der Waals surface area contributed by atoms with E-state index in [1.54, 1.807) is 7.11 Å². The number of nitrogens with two attached hydrogens (primary N) is 1. The number of benzene rings is 2. The Hall–Kier alpha value is -3.02. The molecule has 0 spiro atoms. The zero-order chi connectivity index (χ0) is 18.4. The highest BCUT2D eigenvalue weighted by Crippen LogP contribution is 2.24. The van der Waals surface area contributed by atoms with Crippen LogP contribution in [0.4, 0.5) is 5.69 Å². The van der Waals surface area contributed by atoms with E-state index in [0.717, 1.165) is 29.8 Å². The molecule has 2 aromatic rings. The van der Waals surface area contributed by atoms with Crippen LogP contribution in [0.2, 0.25) is 0 Å². The standard InChI is InChI=1S/C20H24N4O2/c1-26-18-9-5-14(6-10-18)12-22-19(25)13-23-20(21)24-17-8-7-15-3-2-4-16(15)11-17/h5-11H,2-4,12-13H2,1H3,(H,22,25)(H3,21,23,24). The van der Waals surface area contributed by atoms with E-state index in [0.29, 0.717) is 6.54 Å². The SMILES string of the molecule is COc1ccc(CNC(=O)CN=C(N)Nc2ccc3c(c2)CCC3)cc1. The Morgan fingerprint density at radius 2 is 1.92 bits per heavy atom. The molecule has 0 aromatic heterocycles. The fourth-order valence-electron chi connectivity index (χ4n) is 2.99. The molecule has 26 heavy (non-hydrogen) atoms. The molecule has 1 amide bonds. The maximum absolute atomic E-state index is 11.9. The summed E-state index contributed by atoms with van der Waals surface area (Å²) < 4.78 is 5.11. The highest BCUT2D eigenvalue weighted by atomic mass is 16.5. The summed E-state index contributed by atoms with van der Waals surface area (Å²) in [4.78, 5) is 16.0. The second-order valence-electron chi connectivity index (χ2n) is 6.29. The molecule has 2 aromatic carbocycles. The lowest BCUT2D eigenvalue weighted by atomic mass is 10.1. The second kappa shape index (κ2) is 8.38. The molecule has 0 saturated heterocycles. The molecule has 0 fully saturated rings. The fraction of sp³-hybridized carbons (Fsp3) is 0.300. The van der Waals surface area contributed by atoms with Crippen molar-refractivity contribution >= 4 is 17.6 Å². The number of aryl methyl sites for hydroxylation is 2. The first-order chi connectivity index (χ1) is 12.6. The van der Waals surface area contributed by atoms with Crippen molar-refractivity contribution in [3.05, 3.63) is 59.2 Å². The third kappa shape index (κ3) is 4.75. The molecule has 0 saturated carbocycles. The average molecular weight is 352 g/mol. The number of ether oxygens (including phenoxy) is 1. The van der Waals surface area contributed by atoms with Crippen molar-refractivity contribution in [1.82, 2.24) is 5.32 Å². The Balaban J connectivity index is 1.46. The summed E-state index contributed by atoms with van der Waals surface area (Å²) >= 11 is 0. The number of fused-ring (bicyclic) bond motifs is 1. The molecule has 0 radical (unpaired) electrons. The molecule has 1 aliphatic rings. The summed E-state index contributed by atoms with van der Waals surface area (Å²) in [5, 5.41) is 5.87. The van der Waals surface area contributed by atoms with Crippen LogP contribution >= 0.6 is 0 Å². The van der Waals surface area contributed by atoms with Crippen LogP contribution in [0.3, 0.4) is 0 Å². The number of guanidine groups is 1. The number of aliphatic imine (C=N–C) groups is 1. The van der Waals surface area contributed by atoms with E-state index in [-0.39, 0.29) is 18.4 Å². The van der Waals surface area contributed by atoms with Crippen molar-refractivity contribution in [2.75, 3.05) is 19.0 Å². The van der Waals surface area contributed by atoms with E-state index in [4.69, 9.17) is 10.5 Å². The van der Waals surface area contributed by atoms with Gasteiger partial charge >= 0.3 is 0 Å². The minimum absolute atomic E-state index is 0.0140. The topological polar surface area (TPSA) is 88.7 Å². The van der Waals surface area contributed by atoms with Gasteiger partial charge in [-0.05, 0) is 60.2 Å². The number of hydrogen-bond acceptors (Lipinski definition) is 3. The molecule has 0 aliphatic heterocycles. The summed E-state index contributed by atoms with van der Waals surface area (Å²) in [6.07, 6.45) is 3.46. The van der Waals surface area contributed by atoms with Gasteiger partial charge in [0, 0.05) is 12.2 Å². The predicted molar refractivity (Wildman–Crippen MR) is 103 cm³/mol. The van der Waals surface area contributed by atoms with Crippen LogP contribution < -0.4 is 21.1 Å². The van der Waals surface area contributed by atoms with Crippen LogP contribution in [0, 0.1) is 0 Å². The predicted octanol–water partition coefficient (Wildman–Crippen LogP) is 2.23. The fourth-order valence-corrected chi connectivity index (χ4v) is 2.99. The van der Waals surface area contributed by atoms with Gasteiger partial charge in [-0.3, -0.25) is 4.79 Å². The summed E-state index contributed by atoms with van der Waals surface area (Å²) in [6.45, 7) is 0.427. The normalized spacial score (nSPS) is 13.2. The number of nitrogens with one attached hydrogen (secondary N) is 2. The molecule has 6 nitrogen and oxygen atoms in total. The van der Waals surface area contributed by atoms with Crippen LogP contribution in [0.1, 0.15) is 23.1 Å². The van der Waals surface area contributed by atoms with E-state index in [9.17, 15) is 4.79 Å². The molecule has 1 aliphatic carbocycles. The number of anilines is 1. The summed E-state index contributed by atoms with van der Waals surface area (Å²) in [6, 6.07) is 13.8. The molecular formula is C20H24N4O2. The lowest BCUT2D eigenvalue weighted by Gasteiger charge is -2.08. The first-order valence-corrected chi connectivity index (χ1v) is 8.72. The Morgan fingerprint density at radius 1 is 1.15 bits per heavy atom. The average Bonchev–Trinajstić information content (AvgIpc) is 3.13. The van der Waals surface area contributed by atoms with Crippen LogP contribution in [-0.2, 0) is 24.2 Å². The Morgan fingerprint density at radius 3 is 2.69 bits per heavy atom. The minimum atomic E-state index is -0.181. The van der Waals surface area contributed by atoms with Gasteiger partial charge in [0.05, 0.1) is 7.11 Å². The summed E-state index contributed by atoms with van der Waals surface area (Å²) in [5.41, 5.74) is 10.6. The van der Waals surface area contributed by atoms with E-state index >= 15 is 0 Å². The molecule has 0 heterocycles. The molecule has 0 bridgehead atoms. The molecule has 4 N–H and O–H groups in total. The zero-order valence-electron chi connectivity index (χ0n) is 14.9. The first-order valence-electron chi connectivity index (χ1n) is 8.72. The molecule has 0 atom stereocenters. The Labute approximate surface area is 153 Å². The Bertz CT molecular complexity index is 800. The lowest BCUT2D eigenvalue weighted by Crippen LogP contribution is -2.28. The first kappa shape index (κ1) is 17.8. The van der Waals surface area contributed by atoms with E-state index < -0.39 is 0 Å². The van der Waals surface area contributed by atoms with Gasteiger partial charge in [-0.1, -0.05) is 18.2 Å². The van der Waals surface area contributed by atoms with Crippen molar-refractivity contribution in [2.45, 2.75) is 25.8 Å². The summed E-state index contributed by atoms with van der Waals surface area (Å²) in [5.74, 6) is 0.845.